The number of nitrogens with two attached hydrogens (primary N) is 1. The molecule has 29 heavy (non-hydrogen) atoms. The van der Waals surface area contributed by atoms with E-state index in [0.29, 0.717) is 6.54 Å². The number of nitrogens with zero attached hydrogens (tertiary/aromatic N) is 3. The molecule has 8 heteroatoms. The normalized spacial score (nSPS) is 12.2. The van der Waals surface area contributed by atoms with Gasteiger partial charge in [0.1, 0.15) is 10.8 Å². The van der Waals surface area contributed by atoms with Gasteiger partial charge >= 0.3 is 0 Å². The summed E-state index contributed by atoms with van der Waals surface area (Å²) >= 11 is 1.53. The van der Waals surface area contributed by atoms with Gasteiger partial charge in [-0.1, -0.05) is 23.5 Å². The van der Waals surface area contributed by atoms with Crippen LogP contribution in [0.5, 0.6) is 5.75 Å². The Balaban J connectivity index is 1.31. The molecule has 0 saturated heterocycles. The first kappa shape index (κ1) is 19.4. The van der Waals surface area contributed by atoms with Gasteiger partial charge in [0.05, 0.1) is 12.6 Å². The van der Waals surface area contributed by atoms with E-state index < -0.39 is 0 Å². The minimum atomic E-state index is 0.0365. The van der Waals surface area contributed by atoms with Crippen molar-refractivity contribution in [2.75, 3.05) is 19.0 Å². The lowest BCUT2D eigenvalue weighted by molar-refractivity contribution is 0.414. The predicted octanol–water partition coefficient (Wildman–Crippen LogP) is 3.77. The van der Waals surface area contributed by atoms with Crippen molar-refractivity contribution in [1.29, 1.82) is 0 Å². The van der Waals surface area contributed by atoms with Gasteiger partial charge in [-0.05, 0) is 55.7 Å². The fourth-order valence-corrected chi connectivity index (χ4v) is 3.89. The summed E-state index contributed by atoms with van der Waals surface area (Å²) in [5.41, 5.74) is 10.6. The highest BCUT2D eigenvalue weighted by Crippen LogP contribution is 2.29. The van der Waals surface area contributed by atoms with Crippen LogP contribution in [-0.2, 0) is 6.42 Å². The second-order valence-corrected chi connectivity index (χ2v) is 8.00. The molecule has 2 heterocycles. The van der Waals surface area contributed by atoms with Crippen LogP contribution in [-0.4, -0.2) is 40.1 Å². The lowest BCUT2D eigenvalue weighted by Crippen LogP contribution is -2.29. The summed E-state index contributed by atoms with van der Waals surface area (Å²) in [6, 6.07) is 14.3. The molecule has 4 N–H and O–H groups in total. The van der Waals surface area contributed by atoms with Crippen LogP contribution >= 0.6 is 11.3 Å². The van der Waals surface area contributed by atoms with Crippen LogP contribution in [0.4, 0.5) is 5.13 Å². The van der Waals surface area contributed by atoms with Crippen molar-refractivity contribution in [2.24, 2.45) is 5.73 Å². The van der Waals surface area contributed by atoms with Crippen LogP contribution in [0, 0.1) is 6.92 Å². The van der Waals surface area contributed by atoms with E-state index in [1.165, 1.54) is 16.9 Å². The zero-order chi connectivity index (χ0) is 20.2. The third-order valence-electron chi connectivity index (χ3n) is 4.89. The lowest BCUT2D eigenvalue weighted by Gasteiger charge is -2.12. The molecule has 1 atom stereocenters. The summed E-state index contributed by atoms with van der Waals surface area (Å²) in [6.45, 7) is 2.67. The summed E-state index contributed by atoms with van der Waals surface area (Å²) in [6.07, 6.45) is 1.82. The van der Waals surface area contributed by atoms with E-state index in [1.807, 2.05) is 31.2 Å². The molecule has 0 bridgehead atoms. The smallest absolute Gasteiger partial charge is 0.206 e. The molecular weight excluding hydrogens is 384 g/mol. The molecule has 0 saturated carbocycles. The Morgan fingerprint density at radius 1 is 1.17 bits per heavy atom. The number of H-pyrrole nitrogens is 1. The number of ether oxygens (including phenoxy) is 1. The third kappa shape index (κ3) is 4.55. The molecule has 7 nitrogen and oxygen atoms in total. The van der Waals surface area contributed by atoms with Gasteiger partial charge in [-0.3, -0.25) is 5.10 Å². The van der Waals surface area contributed by atoms with Gasteiger partial charge in [-0.25, -0.2) is 0 Å². The molecule has 4 rings (SSSR count). The fraction of sp³-hybridized carbons (Fsp3) is 0.286. The molecule has 0 amide bonds. The van der Waals surface area contributed by atoms with E-state index >= 15 is 0 Å². The Bertz CT molecular complexity index is 1090. The largest absolute Gasteiger partial charge is 0.497 e. The van der Waals surface area contributed by atoms with E-state index in [-0.39, 0.29) is 6.04 Å². The van der Waals surface area contributed by atoms with E-state index in [1.54, 1.807) is 7.11 Å². The van der Waals surface area contributed by atoms with Crippen LogP contribution in [0.25, 0.3) is 21.5 Å². The molecule has 0 aliphatic heterocycles. The highest BCUT2D eigenvalue weighted by atomic mass is 32.1. The number of hydrogen-bond acceptors (Lipinski definition) is 7. The lowest BCUT2D eigenvalue weighted by atomic mass is 10.1. The average molecular weight is 409 g/mol. The molecule has 0 aliphatic rings. The monoisotopic (exact) mass is 408 g/mol. The number of benzene rings is 2. The SMILES string of the molecule is COc1ccc(CC[C@H](N)CNc2nnc(-c3ccc4n[nH]c(C)c4c3)s2)cc1. The minimum Gasteiger partial charge on any atom is -0.497 e. The Kier molecular flexibility index (Phi) is 5.73. The number of methoxy groups -OCH3 is 1. The molecule has 0 spiro atoms. The molecule has 150 valence electrons. The number of anilines is 1. The van der Waals surface area contributed by atoms with Crippen molar-refractivity contribution in [1.82, 2.24) is 20.4 Å². The van der Waals surface area contributed by atoms with Gasteiger partial charge in [0.25, 0.3) is 0 Å². The average Bonchev–Trinajstić information content (AvgIpc) is 3.38. The first-order valence-corrected chi connectivity index (χ1v) is 10.3. The zero-order valence-electron chi connectivity index (χ0n) is 16.5. The highest BCUT2D eigenvalue weighted by molar-refractivity contribution is 7.18. The van der Waals surface area contributed by atoms with Crippen LogP contribution in [0.3, 0.4) is 0 Å². The van der Waals surface area contributed by atoms with Gasteiger partial charge in [-0.2, -0.15) is 5.10 Å². The minimum absolute atomic E-state index is 0.0365. The number of nitrogens with one attached hydrogen (secondary N) is 2. The Hall–Kier alpha value is -2.97. The quantitative estimate of drug-likeness (QED) is 0.410. The van der Waals surface area contributed by atoms with Crippen molar-refractivity contribution >= 4 is 27.4 Å². The summed E-state index contributed by atoms with van der Waals surface area (Å²) in [4.78, 5) is 0. The number of fused-ring (bicyclic) bond motifs is 1. The Morgan fingerprint density at radius 3 is 2.79 bits per heavy atom. The molecule has 2 aromatic carbocycles. The highest BCUT2D eigenvalue weighted by Gasteiger charge is 2.11. The molecule has 0 radical (unpaired) electrons. The molecule has 0 aliphatic carbocycles. The topological polar surface area (TPSA) is 102 Å². The van der Waals surface area contributed by atoms with E-state index in [9.17, 15) is 0 Å². The second-order valence-electron chi connectivity index (χ2n) is 7.02. The van der Waals surface area contributed by atoms with Crippen LogP contribution in [0.15, 0.2) is 42.5 Å². The second kappa shape index (κ2) is 8.59. The van der Waals surface area contributed by atoms with Gasteiger partial charge < -0.3 is 15.8 Å². The summed E-state index contributed by atoms with van der Waals surface area (Å²) in [5, 5.41) is 21.9. The van der Waals surface area contributed by atoms with Crippen molar-refractivity contribution in [3.63, 3.8) is 0 Å². The third-order valence-corrected chi connectivity index (χ3v) is 5.82. The van der Waals surface area contributed by atoms with Gasteiger partial charge in [-0.15, -0.1) is 10.2 Å². The summed E-state index contributed by atoms with van der Waals surface area (Å²) in [7, 11) is 1.67. The number of hydrogen-bond donors (Lipinski definition) is 3. The maximum Gasteiger partial charge on any atom is 0.206 e. The van der Waals surface area contributed by atoms with Gasteiger partial charge in [0.2, 0.25) is 5.13 Å². The van der Waals surface area contributed by atoms with Crippen LogP contribution in [0.2, 0.25) is 0 Å². The van der Waals surface area contributed by atoms with Crippen molar-refractivity contribution < 1.29 is 4.74 Å². The Labute approximate surface area is 173 Å². The Morgan fingerprint density at radius 2 is 2.00 bits per heavy atom. The first-order valence-electron chi connectivity index (χ1n) is 9.53. The molecule has 0 unspecified atom stereocenters. The van der Waals surface area contributed by atoms with Gasteiger partial charge in [0.15, 0.2) is 0 Å². The van der Waals surface area contributed by atoms with Crippen molar-refractivity contribution in [3.8, 4) is 16.3 Å². The predicted molar refractivity (Wildman–Crippen MR) is 118 cm³/mol. The molecule has 0 fully saturated rings. The summed E-state index contributed by atoms with van der Waals surface area (Å²) < 4.78 is 5.19. The van der Waals surface area contributed by atoms with Crippen LogP contribution < -0.4 is 15.8 Å². The van der Waals surface area contributed by atoms with E-state index in [2.05, 4.69) is 43.9 Å². The molecular formula is C21H24N6OS. The van der Waals surface area contributed by atoms with Crippen molar-refractivity contribution in [2.45, 2.75) is 25.8 Å². The maximum absolute atomic E-state index is 6.27. The number of aromatic nitrogens is 4. The molecule has 2 aromatic heterocycles. The first-order chi connectivity index (χ1) is 14.1. The van der Waals surface area contributed by atoms with Gasteiger partial charge in [0, 0.05) is 29.2 Å². The number of aromatic amines is 1. The van der Waals surface area contributed by atoms with Crippen LogP contribution in [0.1, 0.15) is 17.7 Å². The summed E-state index contributed by atoms with van der Waals surface area (Å²) in [5.74, 6) is 0.869. The maximum atomic E-state index is 6.27. The number of rotatable bonds is 8. The number of aryl methyl sites for hydroxylation is 2. The standard InChI is InChI=1S/C21H24N6OS/c1-13-18-11-15(6-10-19(18)25-24-13)20-26-27-21(29-20)23-12-16(22)7-3-14-4-8-17(28-2)9-5-14/h4-6,8-11,16H,3,7,12,22H2,1-2H3,(H,23,27)(H,24,25)/t16-/m0/s1. The van der Waals surface area contributed by atoms with E-state index in [0.717, 1.165) is 50.9 Å². The van der Waals surface area contributed by atoms with E-state index in [4.69, 9.17) is 10.5 Å². The zero-order valence-corrected chi connectivity index (χ0v) is 17.3. The molecule has 4 aromatic rings. The van der Waals surface area contributed by atoms with Crippen molar-refractivity contribution in [3.05, 3.63) is 53.7 Å². The fourth-order valence-electron chi connectivity index (χ4n) is 3.15.